The van der Waals surface area contributed by atoms with Gasteiger partial charge in [0.05, 0.1) is 24.4 Å². The van der Waals surface area contributed by atoms with Gasteiger partial charge in [-0.1, -0.05) is 12.1 Å². The molecular weight excluding hydrogens is 361 g/mol. The lowest BCUT2D eigenvalue weighted by Gasteiger charge is -2.11. The second-order valence-electron chi connectivity index (χ2n) is 5.97. The van der Waals surface area contributed by atoms with Crippen molar-refractivity contribution in [3.63, 3.8) is 0 Å². The van der Waals surface area contributed by atoms with Crippen molar-refractivity contribution in [2.24, 2.45) is 0 Å². The largest absolute Gasteiger partial charge is 0.493 e. The Labute approximate surface area is 161 Å². The number of halogens is 1. The predicted molar refractivity (Wildman–Crippen MR) is 104 cm³/mol. The van der Waals surface area contributed by atoms with Crippen LogP contribution in [0.15, 0.2) is 65.5 Å². The normalized spacial score (nSPS) is 10.5. The highest BCUT2D eigenvalue weighted by molar-refractivity contribution is 5.96. The fourth-order valence-electron chi connectivity index (χ4n) is 2.69. The number of carbonyl (C=O) groups is 1. The standard InChI is InChI=1S/C21H20FN3O3/c1-2-28-19-6-4-3-5-17(19)21(27)23-13-14-25-20(26)12-11-18(24-25)15-7-9-16(22)10-8-15/h3-12H,2,13-14H2,1H3,(H,23,27). The molecule has 0 saturated heterocycles. The summed E-state index contributed by atoms with van der Waals surface area (Å²) in [6.07, 6.45) is 0. The highest BCUT2D eigenvalue weighted by Gasteiger charge is 2.11. The Balaban J connectivity index is 1.68. The average Bonchev–Trinajstić information content (AvgIpc) is 2.70. The van der Waals surface area contributed by atoms with Gasteiger partial charge in [-0.15, -0.1) is 0 Å². The van der Waals surface area contributed by atoms with Crippen LogP contribution < -0.4 is 15.6 Å². The van der Waals surface area contributed by atoms with E-state index in [4.69, 9.17) is 4.74 Å². The zero-order valence-electron chi connectivity index (χ0n) is 15.4. The number of hydrogen-bond donors (Lipinski definition) is 1. The van der Waals surface area contributed by atoms with E-state index in [0.29, 0.717) is 29.2 Å². The molecule has 1 amide bonds. The van der Waals surface area contributed by atoms with Crippen LogP contribution >= 0.6 is 0 Å². The number of nitrogens with zero attached hydrogens (tertiary/aromatic N) is 2. The SMILES string of the molecule is CCOc1ccccc1C(=O)NCCn1nc(-c2ccc(F)cc2)ccc1=O. The van der Waals surface area contributed by atoms with Crippen molar-refractivity contribution in [3.05, 3.63) is 82.4 Å². The maximum atomic E-state index is 13.1. The van der Waals surface area contributed by atoms with Gasteiger partial charge < -0.3 is 10.1 Å². The quantitative estimate of drug-likeness (QED) is 0.683. The van der Waals surface area contributed by atoms with Gasteiger partial charge >= 0.3 is 0 Å². The molecule has 7 heteroatoms. The van der Waals surface area contributed by atoms with Gasteiger partial charge in [0.2, 0.25) is 0 Å². The summed E-state index contributed by atoms with van der Waals surface area (Å²) in [7, 11) is 0. The van der Waals surface area contributed by atoms with E-state index in [1.807, 2.05) is 6.92 Å². The van der Waals surface area contributed by atoms with Crippen molar-refractivity contribution in [1.82, 2.24) is 15.1 Å². The van der Waals surface area contributed by atoms with Gasteiger partial charge in [0.25, 0.3) is 11.5 Å². The lowest BCUT2D eigenvalue weighted by molar-refractivity contribution is 0.0948. The number of nitrogens with one attached hydrogen (secondary N) is 1. The second-order valence-corrected chi connectivity index (χ2v) is 5.97. The van der Waals surface area contributed by atoms with E-state index in [-0.39, 0.29) is 30.4 Å². The summed E-state index contributed by atoms with van der Waals surface area (Å²) in [6, 6.07) is 15.8. The Hall–Kier alpha value is -3.48. The Morgan fingerprint density at radius 2 is 1.86 bits per heavy atom. The molecule has 0 aliphatic carbocycles. The van der Waals surface area contributed by atoms with Crippen molar-refractivity contribution >= 4 is 5.91 Å². The highest BCUT2D eigenvalue weighted by atomic mass is 19.1. The number of aromatic nitrogens is 2. The number of benzene rings is 2. The molecule has 28 heavy (non-hydrogen) atoms. The van der Waals surface area contributed by atoms with E-state index in [1.165, 1.54) is 22.9 Å². The first-order valence-corrected chi connectivity index (χ1v) is 8.92. The Morgan fingerprint density at radius 3 is 2.61 bits per heavy atom. The molecule has 0 saturated carbocycles. The van der Waals surface area contributed by atoms with Crippen LogP contribution in [0.3, 0.4) is 0 Å². The van der Waals surface area contributed by atoms with E-state index in [2.05, 4.69) is 10.4 Å². The number of ether oxygens (including phenoxy) is 1. The molecule has 3 aromatic rings. The van der Waals surface area contributed by atoms with Crippen molar-refractivity contribution < 1.29 is 13.9 Å². The van der Waals surface area contributed by atoms with Gasteiger partial charge in [-0.05, 0) is 49.4 Å². The van der Waals surface area contributed by atoms with E-state index in [9.17, 15) is 14.0 Å². The third-order valence-corrected chi connectivity index (χ3v) is 4.05. The molecule has 0 aliphatic heterocycles. The first kappa shape index (κ1) is 19.3. The van der Waals surface area contributed by atoms with Crippen molar-refractivity contribution in [2.75, 3.05) is 13.2 Å². The fraction of sp³-hybridized carbons (Fsp3) is 0.190. The van der Waals surface area contributed by atoms with Crippen LogP contribution in [0, 0.1) is 5.82 Å². The van der Waals surface area contributed by atoms with Crippen LogP contribution in [-0.2, 0) is 6.54 Å². The van der Waals surface area contributed by atoms with Crippen LogP contribution in [0.25, 0.3) is 11.3 Å². The molecule has 0 fully saturated rings. The van der Waals surface area contributed by atoms with Crippen LogP contribution in [0.2, 0.25) is 0 Å². The van der Waals surface area contributed by atoms with Crippen molar-refractivity contribution in [1.29, 1.82) is 0 Å². The lowest BCUT2D eigenvalue weighted by Crippen LogP contribution is -2.32. The minimum atomic E-state index is -0.341. The Bertz CT molecular complexity index is 1020. The molecule has 1 heterocycles. The minimum absolute atomic E-state index is 0.205. The number of amides is 1. The molecule has 0 unspecified atom stereocenters. The number of hydrogen-bond acceptors (Lipinski definition) is 4. The Morgan fingerprint density at radius 1 is 1.11 bits per heavy atom. The zero-order valence-corrected chi connectivity index (χ0v) is 15.4. The van der Waals surface area contributed by atoms with E-state index in [1.54, 1.807) is 42.5 Å². The molecular formula is C21H20FN3O3. The van der Waals surface area contributed by atoms with Gasteiger partial charge in [0.1, 0.15) is 11.6 Å². The summed E-state index contributed by atoms with van der Waals surface area (Å²) < 4.78 is 19.8. The summed E-state index contributed by atoms with van der Waals surface area (Å²) in [6.45, 7) is 2.73. The summed E-state index contributed by atoms with van der Waals surface area (Å²) in [4.78, 5) is 24.5. The van der Waals surface area contributed by atoms with Crippen molar-refractivity contribution in [3.8, 4) is 17.0 Å². The molecule has 6 nitrogen and oxygen atoms in total. The number of para-hydroxylation sites is 1. The topological polar surface area (TPSA) is 73.2 Å². The molecule has 3 rings (SSSR count). The average molecular weight is 381 g/mol. The zero-order chi connectivity index (χ0) is 19.9. The Kier molecular flexibility index (Phi) is 6.16. The molecule has 1 aromatic heterocycles. The van der Waals surface area contributed by atoms with E-state index in [0.717, 1.165) is 0 Å². The predicted octanol–water partition coefficient (Wildman–Crippen LogP) is 2.88. The van der Waals surface area contributed by atoms with Crippen molar-refractivity contribution in [2.45, 2.75) is 13.5 Å². The third kappa shape index (κ3) is 4.62. The molecule has 0 radical (unpaired) electrons. The first-order valence-electron chi connectivity index (χ1n) is 8.92. The van der Waals surface area contributed by atoms with Gasteiger partial charge in [0, 0.05) is 18.2 Å². The summed E-state index contributed by atoms with van der Waals surface area (Å²) in [5, 5.41) is 7.07. The van der Waals surface area contributed by atoms with Gasteiger partial charge in [-0.2, -0.15) is 5.10 Å². The van der Waals surface area contributed by atoms with E-state index >= 15 is 0 Å². The number of rotatable bonds is 7. The van der Waals surface area contributed by atoms with Crippen LogP contribution in [0.5, 0.6) is 5.75 Å². The monoisotopic (exact) mass is 381 g/mol. The molecule has 1 N–H and O–H groups in total. The molecule has 2 aromatic carbocycles. The maximum absolute atomic E-state index is 13.1. The van der Waals surface area contributed by atoms with Gasteiger partial charge in [-0.25, -0.2) is 9.07 Å². The molecule has 0 atom stereocenters. The third-order valence-electron chi connectivity index (χ3n) is 4.05. The fourth-order valence-corrected chi connectivity index (χ4v) is 2.69. The van der Waals surface area contributed by atoms with Gasteiger partial charge in [0.15, 0.2) is 0 Å². The molecule has 0 aliphatic rings. The molecule has 0 spiro atoms. The molecule has 0 bridgehead atoms. The second kappa shape index (κ2) is 8.94. The van der Waals surface area contributed by atoms with E-state index < -0.39 is 0 Å². The first-order chi connectivity index (χ1) is 13.6. The summed E-state index contributed by atoms with van der Waals surface area (Å²) in [5.74, 6) is -0.116. The minimum Gasteiger partial charge on any atom is -0.493 e. The van der Waals surface area contributed by atoms with Crippen LogP contribution in [-0.4, -0.2) is 28.8 Å². The summed E-state index contributed by atoms with van der Waals surface area (Å²) in [5.41, 5.74) is 1.40. The van der Waals surface area contributed by atoms with Gasteiger partial charge in [-0.3, -0.25) is 9.59 Å². The van der Waals surface area contributed by atoms with Crippen LogP contribution in [0.4, 0.5) is 4.39 Å². The molecule has 144 valence electrons. The lowest BCUT2D eigenvalue weighted by atomic mass is 10.1. The smallest absolute Gasteiger partial charge is 0.266 e. The summed E-state index contributed by atoms with van der Waals surface area (Å²) >= 11 is 0. The highest BCUT2D eigenvalue weighted by Crippen LogP contribution is 2.18. The number of carbonyl (C=O) groups excluding carboxylic acids is 1. The van der Waals surface area contributed by atoms with Crippen LogP contribution in [0.1, 0.15) is 17.3 Å². The maximum Gasteiger partial charge on any atom is 0.266 e.